The van der Waals surface area contributed by atoms with Crippen molar-refractivity contribution in [2.24, 2.45) is 5.92 Å². The number of carbonyl (C=O) groups is 2. The first-order valence-electron chi connectivity index (χ1n) is 10.00. The van der Waals surface area contributed by atoms with E-state index in [1.807, 2.05) is 35.0 Å². The molecule has 0 radical (unpaired) electrons. The molecule has 3 aromatic rings. The lowest BCUT2D eigenvalue weighted by Gasteiger charge is -2.10. The van der Waals surface area contributed by atoms with E-state index in [-0.39, 0.29) is 24.3 Å². The van der Waals surface area contributed by atoms with Gasteiger partial charge in [0.1, 0.15) is 5.75 Å². The van der Waals surface area contributed by atoms with Crippen molar-refractivity contribution < 1.29 is 14.3 Å². The maximum Gasteiger partial charge on any atom is 0.258 e. The number of nitrogens with one attached hydrogen (secondary N) is 2. The molecule has 7 heteroatoms. The summed E-state index contributed by atoms with van der Waals surface area (Å²) in [6, 6.07) is 15.2. The zero-order chi connectivity index (χ0) is 20.8. The van der Waals surface area contributed by atoms with Crippen LogP contribution in [0.3, 0.4) is 0 Å². The Morgan fingerprint density at radius 3 is 2.73 bits per heavy atom. The van der Waals surface area contributed by atoms with Crippen LogP contribution in [0.1, 0.15) is 24.0 Å². The highest BCUT2D eigenvalue weighted by Gasteiger charge is 2.29. The van der Waals surface area contributed by atoms with Crippen LogP contribution in [0.2, 0.25) is 0 Å². The molecule has 154 valence electrons. The van der Waals surface area contributed by atoms with Crippen molar-refractivity contribution in [2.45, 2.75) is 25.9 Å². The van der Waals surface area contributed by atoms with Gasteiger partial charge in [-0.2, -0.15) is 0 Å². The third-order valence-corrected chi connectivity index (χ3v) is 4.83. The summed E-state index contributed by atoms with van der Waals surface area (Å²) in [5.74, 6) is 0.516. The second-order valence-corrected chi connectivity index (χ2v) is 7.41. The van der Waals surface area contributed by atoms with Gasteiger partial charge in [0.2, 0.25) is 5.91 Å². The Balaban J connectivity index is 1.24. The van der Waals surface area contributed by atoms with E-state index in [4.69, 9.17) is 4.74 Å². The molecule has 2 amide bonds. The molecule has 0 aliphatic heterocycles. The molecule has 30 heavy (non-hydrogen) atoms. The van der Waals surface area contributed by atoms with E-state index in [2.05, 4.69) is 21.7 Å². The molecule has 1 saturated carbocycles. The highest BCUT2D eigenvalue weighted by molar-refractivity contribution is 5.94. The van der Waals surface area contributed by atoms with Gasteiger partial charge in [-0.1, -0.05) is 30.3 Å². The highest BCUT2D eigenvalue weighted by Crippen LogP contribution is 2.30. The summed E-state index contributed by atoms with van der Waals surface area (Å²) in [5, 5.41) is 5.75. The first kappa shape index (κ1) is 19.7. The van der Waals surface area contributed by atoms with Gasteiger partial charge in [0.25, 0.3) is 5.91 Å². The number of ether oxygens (including phenoxy) is 1. The number of imidazole rings is 1. The quantitative estimate of drug-likeness (QED) is 0.574. The van der Waals surface area contributed by atoms with Crippen molar-refractivity contribution >= 4 is 17.5 Å². The summed E-state index contributed by atoms with van der Waals surface area (Å²) in [5.41, 5.74) is 2.84. The predicted molar refractivity (Wildman–Crippen MR) is 113 cm³/mol. The topological polar surface area (TPSA) is 85.2 Å². The number of hydrogen-bond donors (Lipinski definition) is 2. The maximum atomic E-state index is 12.2. The van der Waals surface area contributed by atoms with Crippen LogP contribution in [0.15, 0.2) is 67.3 Å². The number of carbonyl (C=O) groups excluding carboxylic acids is 2. The predicted octanol–water partition coefficient (Wildman–Crippen LogP) is 2.98. The standard InChI is InChI=1S/C23H24N4O3/c28-22(15-30-21-6-2-5-20(12-21)26-23(29)19-7-8-19)25-13-17-3-1-4-18(11-17)14-27-10-9-24-16-27/h1-6,9-12,16,19H,7-8,13-15H2,(H,25,28)(H,26,29). The van der Waals surface area contributed by atoms with Gasteiger partial charge in [-0.3, -0.25) is 9.59 Å². The van der Waals surface area contributed by atoms with Crippen LogP contribution in [0.4, 0.5) is 5.69 Å². The molecule has 0 spiro atoms. The Hall–Kier alpha value is -3.61. The van der Waals surface area contributed by atoms with Crippen LogP contribution in [-0.2, 0) is 22.7 Å². The van der Waals surface area contributed by atoms with Crippen LogP contribution in [0.25, 0.3) is 0 Å². The van der Waals surface area contributed by atoms with E-state index >= 15 is 0 Å². The lowest BCUT2D eigenvalue weighted by Crippen LogP contribution is -2.28. The van der Waals surface area contributed by atoms with E-state index in [0.29, 0.717) is 18.0 Å². The van der Waals surface area contributed by atoms with Gasteiger partial charge in [-0.05, 0) is 36.1 Å². The Labute approximate surface area is 175 Å². The minimum Gasteiger partial charge on any atom is -0.484 e. The molecule has 0 bridgehead atoms. The van der Waals surface area contributed by atoms with Crippen molar-refractivity contribution in [1.29, 1.82) is 0 Å². The molecule has 1 aliphatic rings. The maximum absolute atomic E-state index is 12.2. The summed E-state index contributed by atoms with van der Waals surface area (Å²) in [7, 11) is 0. The van der Waals surface area contributed by atoms with Crippen LogP contribution in [0, 0.1) is 5.92 Å². The third-order valence-electron chi connectivity index (χ3n) is 4.83. The molecule has 1 fully saturated rings. The van der Waals surface area contributed by atoms with Gasteiger partial charge in [-0.15, -0.1) is 0 Å². The first-order valence-corrected chi connectivity index (χ1v) is 10.00. The third kappa shape index (κ3) is 5.70. The van der Waals surface area contributed by atoms with Gasteiger partial charge in [-0.25, -0.2) is 4.98 Å². The van der Waals surface area contributed by atoms with Gasteiger partial charge in [0, 0.05) is 43.2 Å². The Bertz CT molecular complexity index is 1010. The summed E-state index contributed by atoms with van der Waals surface area (Å²) >= 11 is 0. The first-order chi connectivity index (χ1) is 14.7. The Morgan fingerprint density at radius 2 is 1.93 bits per heavy atom. The fourth-order valence-corrected chi connectivity index (χ4v) is 3.08. The molecule has 1 aromatic heterocycles. The van der Waals surface area contributed by atoms with E-state index in [0.717, 1.165) is 30.5 Å². The summed E-state index contributed by atoms with van der Waals surface area (Å²) < 4.78 is 7.57. The largest absolute Gasteiger partial charge is 0.484 e. The molecule has 4 rings (SSSR count). The Morgan fingerprint density at radius 1 is 1.10 bits per heavy atom. The van der Waals surface area contributed by atoms with Gasteiger partial charge < -0.3 is 19.9 Å². The zero-order valence-corrected chi connectivity index (χ0v) is 16.6. The van der Waals surface area contributed by atoms with Gasteiger partial charge in [0.05, 0.1) is 6.33 Å². The molecule has 1 heterocycles. The van der Waals surface area contributed by atoms with Crippen LogP contribution in [-0.4, -0.2) is 28.0 Å². The molecule has 0 unspecified atom stereocenters. The summed E-state index contributed by atoms with van der Waals surface area (Å²) in [6.45, 7) is 1.07. The fourth-order valence-electron chi connectivity index (χ4n) is 3.08. The number of rotatable bonds is 9. The molecule has 0 atom stereocenters. The molecule has 1 aliphatic carbocycles. The van der Waals surface area contributed by atoms with E-state index in [1.54, 1.807) is 30.7 Å². The summed E-state index contributed by atoms with van der Waals surface area (Å²) in [4.78, 5) is 28.1. The number of hydrogen-bond acceptors (Lipinski definition) is 4. The Kier molecular flexibility index (Phi) is 6.08. The average Bonchev–Trinajstić information content (AvgIpc) is 3.49. The monoisotopic (exact) mass is 404 g/mol. The minimum atomic E-state index is -0.206. The zero-order valence-electron chi connectivity index (χ0n) is 16.6. The summed E-state index contributed by atoms with van der Waals surface area (Å²) in [6.07, 6.45) is 7.35. The molecule has 2 aromatic carbocycles. The second-order valence-electron chi connectivity index (χ2n) is 7.41. The lowest BCUT2D eigenvalue weighted by molar-refractivity contribution is -0.123. The smallest absolute Gasteiger partial charge is 0.258 e. The van der Waals surface area contributed by atoms with Crippen LogP contribution >= 0.6 is 0 Å². The van der Waals surface area contributed by atoms with Crippen LogP contribution < -0.4 is 15.4 Å². The van der Waals surface area contributed by atoms with Crippen molar-refractivity contribution in [3.63, 3.8) is 0 Å². The van der Waals surface area contributed by atoms with E-state index in [1.165, 1.54) is 0 Å². The minimum absolute atomic E-state index is 0.0418. The van der Waals surface area contributed by atoms with Crippen molar-refractivity contribution in [2.75, 3.05) is 11.9 Å². The van der Waals surface area contributed by atoms with Gasteiger partial charge in [0.15, 0.2) is 6.61 Å². The fraction of sp³-hybridized carbons (Fsp3) is 0.261. The number of anilines is 1. The van der Waals surface area contributed by atoms with E-state index in [9.17, 15) is 9.59 Å². The normalized spacial score (nSPS) is 12.9. The number of amides is 2. The molecule has 0 saturated heterocycles. The SMILES string of the molecule is O=C(COc1cccc(NC(=O)C2CC2)c1)NCc1cccc(Cn2ccnc2)c1. The molecular formula is C23H24N4O3. The van der Waals surface area contributed by atoms with Crippen molar-refractivity contribution in [3.05, 3.63) is 78.4 Å². The molecule has 7 nitrogen and oxygen atoms in total. The van der Waals surface area contributed by atoms with E-state index < -0.39 is 0 Å². The molecule has 2 N–H and O–H groups in total. The number of aromatic nitrogens is 2. The number of nitrogens with zero attached hydrogens (tertiary/aromatic N) is 2. The molecular weight excluding hydrogens is 380 g/mol. The van der Waals surface area contributed by atoms with Gasteiger partial charge >= 0.3 is 0 Å². The van der Waals surface area contributed by atoms with Crippen molar-refractivity contribution in [1.82, 2.24) is 14.9 Å². The highest BCUT2D eigenvalue weighted by atomic mass is 16.5. The van der Waals surface area contributed by atoms with Crippen LogP contribution in [0.5, 0.6) is 5.75 Å². The average molecular weight is 404 g/mol. The van der Waals surface area contributed by atoms with Crippen molar-refractivity contribution in [3.8, 4) is 5.75 Å². The number of benzene rings is 2. The lowest BCUT2D eigenvalue weighted by atomic mass is 10.1. The second kappa shape index (κ2) is 9.26.